The third kappa shape index (κ3) is 68.4. The zero-order valence-electron chi connectivity index (χ0n) is 60.2. The Kier molecular flexibility index (Phi) is 67.1. The number of hydrogen-bond donors (Lipinski definition) is 3. The quantitative estimate of drug-likeness (QED) is 0.0222. The number of ether oxygens (including phenoxy) is 4. The SMILES string of the molecule is CCCCCCCCCCCCCCCCCCCCCCCC(=O)O[C@H](COC(=O)CCCCCCCCCCCCCCCCC)COP(=O)(O)OC[C@@H](O)COP(=O)(O)OC[C@@H](COC(=O)CCCCCCC)OC(=O)CCCCCCCCCCCCCC. The van der Waals surface area contributed by atoms with E-state index in [0.29, 0.717) is 25.7 Å². The molecule has 2 unspecified atom stereocenters. The predicted molar refractivity (Wildman–Crippen MR) is 377 cm³/mol. The maximum absolute atomic E-state index is 13.1. The molecule has 19 heteroatoms. The van der Waals surface area contributed by atoms with Gasteiger partial charge in [-0.3, -0.25) is 37.3 Å². The summed E-state index contributed by atoms with van der Waals surface area (Å²) >= 11 is 0. The fourth-order valence-corrected chi connectivity index (χ4v) is 13.0. The molecule has 0 aromatic rings. The summed E-state index contributed by atoms with van der Waals surface area (Å²) in [5.41, 5.74) is 0. The Morgan fingerprint density at radius 1 is 0.258 bits per heavy atom. The van der Waals surface area contributed by atoms with E-state index < -0.39 is 97.5 Å². The lowest BCUT2D eigenvalue weighted by Gasteiger charge is -2.21. The number of hydrogen-bond acceptors (Lipinski definition) is 15. The maximum atomic E-state index is 13.1. The van der Waals surface area contributed by atoms with Crippen molar-refractivity contribution in [2.24, 2.45) is 0 Å². The second-order valence-electron chi connectivity index (χ2n) is 26.7. The maximum Gasteiger partial charge on any atom is 0.472 e. The number of unbranched alkanes of at least 4 members (excludes halogenated alkanes) is 49. The lowest BCUT2D eigenvalue weighted by molar-refractivity contribution is -0.161. The highest BCUT2D eigenvalue weighted by Gasteiger charge is 2.30. The van der Waals surface area contributed by atoms with Crippen molar-refractivity contribution in [2.45, 2.75) is 412 Å². The summed E-state index contributed by atoms with van der Waals surface area (Å²) in [6, 6.07) is 0. The topological polar surface area (TPSA) is 237 Å². The molecular weight excluding hydrogens is 1220 g/mol. The van der Waals surface area contributed by atoms with Crippen LogP contribution in [0.4, 0.5) is 0 Å². The van der Waals surface area contributed by atoms with Crippen LogP contribution in [-0.4, -0.2) is 96.7 Å². The van der Waals surface area contributed by atoms with Crippen LogP contribution in [0.5, 0.6) is 0 Å². The molecule has 0 saturated carbocycles. The van der Waals surface area contributed by atoms with Gasteiger partial charge in [0.25, 0.3) is 0 Å². The van der Waals surface area contributed by atoms with Gasteiger partial charge in [-0.25, -0.2) is 9.13 Å². The number of esters is 4. The Hall–Kier alpha value is -1.94. The molecule has 0 heterocycles. The van der Waals surface area contributed by atoms with Crippen molar-refractivity contribution in [1.29, 1.82) is 0 Å². The Labute approximate surface area is 568 Å². The van der Waals surface area contributed by atoms with Crippen LogP contribution in [0.1, 0.15) is 394 Å². The van der Waals surface area contributed by atoms with Crippen molar-refractivity contribution in [1.82, 2.24) is 0 Å². The van der Waals surface area contributed by atoms with E-state index in [4.69, 9.17) is 37.0 Å². The highest BCUT2D eigenvalue weighted by atomic mass is 31.2. The normalized spacial score (nSPS) is 13.9. The standard InChI is InChI=1S/C74H144O17P2/c1-5-9-13-17-20-23-26-29-31-32-33-34-35-36-38-40-43-46-49-53-57-61-74(79)91-70(65-85-72(77)59-55-51-47-44-42-39-37-30-27-24-21-18-14-10-6-2)67-89-93(82,83)87-63-68(75)62-86-92(80,81)88-66-69(64-84-71(76)58-54-50-16-12-8-4)90-73(78)60-56-52-48-45-41-28-25-22-19-15-11-7-3/h68-70,75H,5-67H2,1-4H3,(H,80,81)(H,82,83)/t68-,69+,70+/m0/s1. The van der Waals surface area contributed by atoms with Crippen molar-refractivity contribution in [2.75, 3.05) is 39.6 Å². The second-order valence-corrected chi connectivity index (χ2v) is 29.6. The van der Waals surface area contributed by atoms with E-state index in [-0.39, 0.29) is 25.7 Å². The van der Waals surface area contributed by atoms with Gasteiger partial charge in [0.05, 0.1) is 26.4 Å². The van der Waals surface area contributed by atoms with E-state index in [1.807, 2.05) is 0 Å². The number of aliphatic hydroxyl groups is 1. The molecule has 93 heavy (non-hydrogen) atoms. The molecule has 3 N–H and O–H groups in total. The number of carbonyl (C=O) groups is 4. The first-order valence-corrected chi connectivity index (χ1v) is 41.8. The summed E-state index contributed by atoms with van der Waals surface area (Å²) < 4.78 is 68.2. The van der Waals surface area contributed by atoms with Gasteiger partial charge in [0, 0.05) is 25.7 Å². The van der Waals surface area contributed by atoms with Crippen molar-refractivity contribution in [3.05, 3.63) is 0 Å². The highest BCUT2D eigenvalue weighted by Crippen LogP contribution is 2.45. The molecule has 0 spiro atoms. The number of carbonyl (C=O) groups excluding carboxylic acids is 4. The monoisotopic (exact) mass is 1370 g/mol. The van der Waals surface area contributed by atoms with Crippen LogP contribution in [-0.2, 0) is 65.4 Å². The molecule has 17 nitrogen and oxygen atoms in total. The van der Waals surface area contributed by atoms with Gasteiger partial charge in [0.15, 0.2) is 12.2 Å². The molecule has 0 aromatic carbocycles. The summed E-state index contributed by atoms with van der Waals surface area (Å²) in [5, 5.41) is 10.6. The Morgan fingerprint density at radius 2 is 0.430 bits per heavy atom. The first-order chi connectivity index (χ1) is 45.2. The van der Waals surface area contributed by atoms with Gasteiger partial charge in [0.1, 0.15) is 19.3 Å². The highest BCUT2D eigenvalue weighted by molar-refractivity contribution is 7.47. The van der Waals surface area contributed by atoms with Gasteiger partial charge >= 0.3 is 39.5 Å². The molecule has 0 aliphatic carbocycles. The van der Waals surface area contributed by atoms with Crippen LogP contribution < -0.4 is 0 Å². The lowest BCUT2D eigenvalue weighted by atomic mass is 10.0. The van der Waals surface area contributed by atoms with Gasteiger partial charge in [-0.15, -0.1) is 0 Å². The molecule has 0 bridgehead atoms. The summed E-state index contributed by atoms with van der Waals surface area (Å²) in [6.07, 6.45) is 58.7. The van der Waals surface area contributed by atoms with Gasteiger partial charge in [-0.2, -0.15) is 0 Å². The van der Waals surface area contributed by atoms with Gasteiger partial charge in [-0.1, -0.05) is 342 Å². The molecule has 0 fully saturated rings. The average Bonchev–Trinajstić information content (AvgIpc) is 2.93. The first kappa shape index (κ1) is 91.1. The van der Waals surface area contributed by atoms with E-state index in [2.05, 4.69) is 27.7 Å². The average molecular weight is 1370 g/mol. The van der Waals surface area contributed by atoms with E-state index in [1.165, 1.54) is 218 Å². The molecule has 0 aromatic heterocycles. The third-order valence-electron chi connectivity index (χ3n) is 17.4. The first-order valence-electron chi connectivity index (χ1n) is 38.8. The molecule has 0 radical (unpaired) electrons. The molecule has 0 saturated heterocycles. The summed E-state index contributed by atoms with van der Waals surface area (Å²) in [7, 11) is -9.89. The Balaban J connectivity index is 5.11. The molecule has 0 amide bonds. The molecule has 0 rings (SSSR count). The minimum absolute atomic E-state index is 0.107. The van der Waals surface area contributed by atoms with E-state index in [9.17, 15) is 43.2 Å². The van der Waals surface area contributed by atoms with Crippen LogP contribution in [0.15, 0.2) is 0 Å². The molecule has 0 aliphatic heterocycles. The summed E-state index contributed by atoms with van der Waals surface area (Å²) in [4.78, 5) is 72.4. The minimum Gasteiger partial charge on any atom is -0.462 e. The predicted octanol–water partition coefficient (Wildman–Crippen LogP) is 21.8. The zero-order valence-corrected chi connectivity index (χ0v) is 62.0. The number of rotatable bonds is 75. The summed E-state index contributed by atoms with van der Waals surface area (Å²) in [5.74, 6) is -2.13. The largest absolute Gasteiger partial charge is 0.472 e. The molecule has 552 valence electrons. The van der Waals surface area contributed by atoms with E-state index >= 15 is 0 Å². The van der Waals surface area contributed by atoms with E-state index in [1.54, 1.807) is 0 Å². The third-order valence-corrected chi connectivity index (χ3v) is 19.3. The van der Waals surface area contributed by atoms with E-state index in [0.717, 1.165) is 96.3 Å². The number of aliphatic hydroxyl groups excluding tert-OH is 1. The fraction of sp³-hybridized carbons (Fsp3) is 0.946. The van der Waals surface area contributed by atoms with Gasteiger partial charge in [0.2, 0.25) is 0 Å². The van der Waals surface area contributed by atoms with Crippen LogP contribution >= 0.6 is 15.6 Å². The van der Waals surface area contributed by atoms with Gasteiger partial charge < -0.3 is 33.8 Å². The minimum atomic E-state index is -4.95. The van der Waals surface area contributed by atoms with Crippen molar-refractivity contribution in [3.63, 3.8) is 0 Å². The molecular formula is C74H144O17P2. The summed E-state index contributed by atoms with van der Waals surface area (Å²) in [6.45, 7) is 4.88. The van der Waals surface area contributed by atoms with Crippen LogP contribution in [0, 0.1) is 0 Å². The number of phosphoric ester groups is 2. The second kappa shape index (κ2) is 68.6. The Bertz CT molecular complexity index is 1770. The van der Waals surface area contributed by atoms with Crippen LogP contribution in [0.2, 0.25) is 0 Å². The zero-order chi connectivity index (χ0) is 68.2. The fourth-order valence-electron chi connectivity index (χ4n) is 11.4. The van der Waals surface area contributed by atoms with Gasteiger partial charge in [-0.05, 0) is 25.7 Å². The van der Waals surface area contributed by atoms with Crippen LogP contribution in [0.25, 0.3) is 0 Å². The number of phosphoric acid groups is 2. The lowest BCUT2D eigenvalue weighted by Crippen LogP contribution is -2.30. The van der Waals surface area contributed by atoms with Crippen molar-refractivity contribution in [3.8, 4) is 0 Å². The van der Waals surface area contributed by atoms with Crippen molar-refractivity contribution < 1.29 is 80.2 Å². The Morgan fingerprint density at radius 3 is 0.634 bits per heavy atom. The molecule has 0 aliphatic rings. The van der Waals surface area contributed by atoms with Crippen LogP contribution in [0.3, 0.4) is 0 Å². The van der Waals surface area contributed by atoms with Crippen molar-refractivity contribution >= 4 is 39.5 Å². The molecule has 5 atom stereocenters. The smallest absolute Gasteiger partial charge is 0.462 e.